The molecule has 1 N–H and O–H groups in total. The lowest BCUT2D eigenvalue weighted by atomic mass is 9.95. The van der Waals surface area contributed by atoms with Crippen molar-refractivity contribution < 1.29 is 4.74 Å². The topological polar surface area (TPSA) is 39.1 Å². The van der Waals surface area contributed by atoms with Gasteiger partial charge in [-0.1, -0.05) is 45.9 Å². The number of ether oxygens (including phenoxy) is 1. The maximum Gasteiger partial charge on any atom is 0.115 e. The van der Waals surface area contributed by atoms with Crippen LogP contribution in [0.1, 0.15) is 52.8 Å². The van der Waals surface area contributed by atoms with E-state index in [4.69, 9.17) is 9.72 Å². The molecule has 0 unspecified atom stereocenters. The van der Waals surface area contributed by atoms with Crippen LogP contribution in [0.5, 0.6) is 0 Å². The Morgan fingerprint density at radius 3 is 2.38 bits per heavy atom. The highest BCUT2D eigenvalue weighted by atomic mass is 32.2. The molecular weight excluding hydrogens is 378 g/mol. The zero-order valence-corrected chi connectivity index (χ0v) is 18.9. The first kappa shape index (κ1) is 21.7. The van der Waals surface area contributed by atoms with Crippen molar-refractivity contribution in [1.82, 2.24) is 9.55 Å². The van der Waals surface area contributed by atoms with Gasteiger partial charge >= 0.3 is 0 Å². The Kier molecular flexibility index (Phi) is 7.62. The highest BCUT2D eigenvalue weighted by Gasteiger charge is 2.22. The summed E-state index contributed by atoms with van der Waals surface area (Å²) >= 11 is 1.62. The van der Waals surface area contributed by atoms with Crippen LogP contribution in [0.2, 0.25) is 0 Å². The Balaban J connectivity index is 0.000000419. The third-order valence-electron chi connectivity index (χ3n) is 4.72. The average molecular weight is 412 g/mol. The maximum absolute atomic E-state index is 4.94. The zero-order chi connectivity index (χ0) is 20.7. The van der Waals surface area contributed by atoms with E-state index in [0.29, 0.717) is 0 Å². The average Bonchev–Trinajstić information content (AvgIpc) is 3.39. The Morgan fingerprint density at radius 2 is 1.79 bits per heavy atom. The highest BCUT2D eigenvalue weighted by molar-refractivity contribution is 8.00. The van der Waals surface area contributed by atoms with Crippen molar-refractivity contribution >= 4 is 28.7 Å². The van der Waals surface area contributed by atoms with Crippen LogP contribution < -0.4 is 4.72 Å². The largest absolute Gasteiger partial charge is 0.381 e. The Morgan fingerprint density at radius 1 is 1.07 bits per heavy atom. The van der Waals surface area contributed by atoms with Crippen molar-refractivity contribution in [3.05, 3.63) is 54.4 Å². The molecule has 2 heterocycles. The lowest BCUT2D eigenvalue weighted by Gasteiger charge is -2.19. The molecule has 0 radical (unpaired) electrons. The van der Waals surface area contributed by atoms with E-state index >= 15 is 0 Å². The number of nitrogens with one attached hydrogen (secondary N) is 1. The summed E-state index contributed by atoms with van der Waals surface area (Å²) in [7, 11) is 0. The van der Waals surface area contributed by atoms with E-state index in [1.165, 1.54) is 23.3 Å². The van der Waals surface area contributed by atoms with Crippen LogP contribution in [-0.4, -0.2) is 22.8 Å². The van der Waals surface area contributed by atoms with Gasteiger partial charge in [0.1, 0.15) is 5.82 Å². The van der Waals surface area contributed by atoms with Crippen LogP contribution in [0, 0.1) is 0 Å². The molecule has 1 fully saturated rings. The summed E-state index contributed by atoms with van der Waals surface area (Å²) in [5, 5.41) is 0. The highest BCUT2D eigenvalue weighted by Crippen LogP contribution is 2.29. The molecule has 0 amide bonds. The van der Waals surface area contributed by atoms with Crippen molar-refractivity contribution in [2.24, 2.45) is 0 Å². The van der Waals surface area contributed by atoms with Crippen LogP contribution in [0.15, 0.2) is 53.4 Å². The molecular formula is C24H33N3OS. The summed E-state index contributed by atoms with van der Waals surface area (Å²) in [6, 6.07) is 16.8. The van der Waals surface area contributed by atoms with Gasteiger partial charge in [-0.25, -0.2) is 4.98 Å². The van der Waals surface area contributed by atoms with Gasteiger partial charge in [-0.2, -0.15) is 0 Å². The second kappa shape index (κ2) is 10.2. The number of aryl methyl sites for hydroxylation is 1. The Hall–Kier alpha value is -1.98. The summed E-state index contributed by atoms with van der Waals surface area (Å²) in [6.07, 6.45) is 3.67. The SMILES string of the molecule is C1CCOC1.CCCn1c(C(C)(C)C)nc2cc(NSc3ccccc3)ccc21. The van der Waals surface area contributed by atoms with E-state index in [2.05, 4.69) is 79.4 Å². The standard InChI is InChI=1S/C20H25N3S.C4H8O/c1-5-13-23-18-12-11-15(22-24-16-9-7-6-8-10-16)14-17(18)21-19(23)20(2,3)4;1-2-4-5-3-1/h6-12,14,22H,5,13H2,1-4H3;1-4H2. The van der Waals surface area contributed by atoms with Gasteiger partial charge in [0.15, 0.2) is 0 Å². The van der Waals surface area contributed by atoms with Crippen LogP contribution >= 0.6 is 11.9 Å². The van der Waals surface area contributed by atoms with Gasteiger partial charge in [0.2, 0.25) is 0 Å². The smallest absolute Gasteiger partial charge is 0.115 e. The van der Waals surface area contributed by atoms with Gasteiger partial charge < -0.3 is 14.0 Å². The number of fused-ring (bicyclic) bond motifs is 1. The minimum atomic E-state index is 0.0422. The van der Waals surface area contributed by atoms with E-state index in [9.17, 15) is 0 Å². The summed E-state index contributed by atoms with van der Waals surface area (Å²) in [6.45, 7) is 11.9. The van der Waals surface area contributed by atoms with Gasteiger partial charge in [-0.15, -0.1) is 0 Å². The third-order valence-corrected chi connectivity index (χ3v) is 5.57. The fraction of sp³-hybridized carbons (Fsp3) is 0.458. The number of hydrogen-bond acceptors (Lipinski definition) is 4. The number of imidazole rings is 1. The summed E-state index contributed by atoms with van der Waals surface area (Å²) in [4.78, 5) is 6.13. The molecule has 0 saturated carbocycles. The van der Waals surface area contributed by atoms with Crippen molar-refractivity contribution in [3.8, 4) is 0 Å². The van der Waals surface area contributed by atoms with Gasteiger partial charge in [0.05, 0.1) is 11.0 Å². The lowest BCUT2D eigenvalue weighted by molar-refractivity contribution is 0.198. The Labute approximate surface area is 179 Å². The second-order valence-corrected chi connectivity index (χ2v) is 9.26. The van der Waals surface area contributed by atoms with Gasteiger partial charge in [-0.3, -0.25) is 0 Å². The molecule has 0 spiro atoms. The Bertz CT molecular complexity index is 888. The molecule has 0 aliphatic carbocycles. The van der Waals surface area contributed by atoms with Crippen LogP contribution in [0.4, 0.5) is 5.69 Å². The minimum absolute atomic E-state index is 0.0422. The number of rotatable bonds is 5. The van der Waals surface area contributed by atoms with E-state index in [1.54, 1.807) is 11.9 Å². The first-order valence-corrected chi connectivity index (χ1v) is 11.4. The van der Waals surface area contributed by atoms with Gasteiger partial charge in [0.25, 0.3) is 0 Å². The number of benzene rings is 2. The summed E-state index contributed by atoms with van der Waals surface area (Å²) in [5.74, 6) is 1.16. The predicted molar refractivity (Wildman–Crippen MR) is 125 cm³/mol. The monoisotopic (exact) mass is 411 g/mol. The van der Waals surface area contributed by atoms with Crippen LogP contribution in [0.25, 0.3) is 11.0 Å². The van der Waals surface area contributed by atoms with Gasteiger partial charge in [0, 0.05) is 35.8 Å². The normalized spacial score (nSPS) is 13.9. The molecule has 2 aromatic carbocycles. The summed E-state index contributed by atoms with van der Waals surface area (Å²) in [5.41, 5.74) is 3.41. The predicted octanol–water partition coefficient (Wildman–Crippen LogP) is 6.66. The quantitative estimate of drug-likeness (QED) is 0.477. The van der Waals surface area contributed by atoms with Crippen molar-refractivity contribution in [2.75, 3.05) is 17.9 Å². The van der Waals surface area contributed by atoms with E-state index < -0.39 is 0 Å². The molecule has 1 aliphatic rings. The minimum Gasteiger partial charge on any atom is -0.381 e. The summed E-state index contributed by atoms with van der Waals surface area (Å²) < 4.78 is 10.7. The molecule has 3 aromatic rings. The molecule has 1 aliphatic heterocycles. The molecule has 1 saturated heterocycles. The molecule has 5 heteroatoms. The van der Waals surface area contributed by atoms with Crippen LogP contribution in [-0.2, 0) is 16.7 Å². The lowest BCUT2D eigenvalue weighted by Crippen LogP contribution is -2.19. The number of anilines is 1. The fourth-order valence-electron chi connectivity index (χ4n) is 3.33. The van der Waals surface area contributed by atoms with Crippen molar-refractivity contribution in [1.29, 1.82) is 0 Å². The van der Waals surface area contributed by atoms with Crippen molar-refractivity contribution in [3.63, 3.8) is 0 Å². The molecule has 29 heavy (non-hydrogen) atoms. The van der Waals surface area contributed by atoms with E-state index in [-0.39, 0.29) is 5.41 Å². The van der Waals surface area contributed by atoms with Crippen LogP contribution in [0.3, 0.4) is 0 Å². The first-order valence-electron chi connectivity index (χ1n) is 10.6. The number of hydrogen-bond donors (Lipinski definition) is 1. The maximum atomic E-state index is 4.94. The second-order valence-electron chi connectivity index (χ2n) is 8.38. The van der Waals surface area contributed by atoms with Crippen molar-refractivity contribution in [2.45, 2.75) is 63.8 Å². The first-order chi connectivity index (χ1) is 14.0. The van der Waals surface area contributed by atoms with E-state index in [0.717, 1.165) is 43.2 Å². The third kappa shape index (κ3) is 6.00. The number of aromatic nitrogens is 2. The molecule has 1 aromatic heterocycles. The molecule has 4 nitrogen and oxygen atoms in total. The number of nitrogens with zero attached hydrogens (tertiary/aromatic N) is 2. The fourth-order valence-corrected chi connectivity index (χ4v) is 3.99. The molecule has 4 rings (SSSR count). The molecule has 156 valence electrons. The van der Waals surface area contributed by atoms with Gasteiger partial charge in [-0.05, 0) is 61.5 Å². The zero-order valence-electron chi connectivity index (χ0n) is 18.1. The van der Waals surface area contributed by atoms with E-state index in [1.807, 2.05) is 6.07 Å². The molecule has 0 bridgehead atoms. The molecule has 0 atom stereocenters.